The van der Waals surface area contributed by atoms with Gasteiger partial charge in [0.25, 0.3) is 17.3 Å². The van der Waals surface area contributed by atoms with Gasteiger partial charge in [0.15, 0.2) is 0 Å². The Balaban J connectivity index is 2.48. The molecular formula is C9H7N7O5. The number of aromatic nitrogens is 3. The van der Waals surface area contributed by atoms with Gasteiger partial charge in [0.05, 0.1) is 21.5 Å². The van der Waals surface area contributed by atoms with Crippen molar-refractivity contribution in [3.8, 4) is 0 Å². The zero-order chi connectivity index (χ0) is 15.6. The van der Waals surface area contributed by atoms with Crippen molar-refractivity contribution in [2.45, 2.75) is 0 Å². The molecule has 1 aromatic carbocycles. The third-order valence-electron chi connectivity index (χ3n) is 2.44. The number of nitro groups is 2. The zero-order valence-corrected chi connectivity index (χ0v) is 10.2. The number of anilines is 1. The van der Waals surface area contributed by atoms with Crippen LogP contribution in [-0.4, -0.2) is 30.6 Å². The Morgan fingerprint density at radius 2 is 1.81 bits per heavy atom. The fraction of sp³-hybridized carbons (Fsp3) is 0. The molecule has 0 aliphatic carbocycles. The number of nitrogen functional groups attached to an aromatic ring is 1. The minimum Gasteiger partial charge on any atom is -0.392 e. The van der Waals surface area contributed by atoms with Crippen LogP contribution in [-0.2, 0) is 0 Å². The van der Waals surface area contributed by atoms with Crippen LogP contribution in [0.2, 0.25) is 0 Å². The monoisotopic (exact) mass is 293 g/mol. The molecule has 1 heterocycles. The van der Waals surface area contributed by atoms with Gasteiger partial charge >= 0.3 is 0 Å². The Bertz CT molecular complexity index is 726. The number of hydrogen-bond acceptors (Lipinski definition) is 8. The van der Waals surface area contributed by atoms with E-state index in [9.17, 15) is 25.0 Å². The highest BCUT2D eigenvalue weighted by atomic mass is 16.6. The molecule has 0 unspecified atom stereocenters. The molecule has 0 fully saturated rings. The summed E-state index contributed by atoms with van der Waals surface area (Å²) in [6.45, 7) is 0. The van der Waals surface area contributed by atoms with Crippen LogP contribution in [0.3, 0.4) is 0 Å². The van der Waals surface area contributed by atoms with Gasteiger partial charge in [-0.15, -0.1) is 10.2 Å². The molecule has 12 heteroatoms. The molecule has 0 spiro atoms. The Labute approximate surface area is 115 Å². The average Bonchev–Trinajstić information content (AvgIpc) is 2.90. The number of nitrogens with one attached hydrogen (secondary N) is 1. The first-order chi connectivity index (χ1) is 9.90. The van der Waals surface area contributed by atoms with Crippen LogP contribution >= 0.6 is 0 Å². The highest BCUT2D eigenvalue weighted by molar-refractivity contribution is 6.06. The number of non-ortho nitro benzene ring substituents is 1. The molecule has 2 rings (SSSR count). The molecule has 0 saturated carbocycles. The highest BCUT2D eigenvalue weighted by Crippen LogP contribution is 2.30. The van der Waals surface area contributed by atoms with Crippen molar-refractivity contribution >= 4 is 23.0 Å². The summed E-state index contributed by atoms with van der Waals surface area (Å²) in [5.74, 6) is -0.876. The predicted molar refractivity (Wildman–Crippen MR) is 67.9 cm³/mol. The van der Waals surface area contributed by atoms with Crippen LogP contribution in [0.25, 0.3) is 0 Å². The maximum absolute atomic E-state index is 12.0. The van der Waals surface area contributed by atoms with E-state index in [2.05, 4.69) is 15.6 Å². The number of nitrogens with zero attached hydrogens (tertiary/aromatic N) is 5. The van der Waals surface area contributed by atoms with Crippen molar-refractivity contribution in [1.82, 2.24) is 14.9 Å². The number of benzene rings is 1. The number of rotatable bonds is 4. The number of carbonyl (C=O) groups excluding carboxylic acids is 1. The predicted octanol–water partition coefficient (Wildman–Crippen LogP) is 0.0606. The summed E-state index contributed by atoms with van der Waals surface area (Å²) in [4.78, 5) is 31.8. The van der Waals surface area contributed by atoms with E-state index < -0.39 is 38.4 Å². The van der Waals surface area contributed by atoms with E-state index in [0.29, 0.717) is 6.07 Å². The topological polar surface area (TPSA) is 172 Å². The quantitative estimate of drug-likeness (QED) is 0.452. The minimum absolute atomic E-state index is 0.399. The lowest BCUT2D eigenvalue weighted by Gasteiger charge is -2.07. The molecule has 3 N–H and O–H groups in total. The van der Waals surface area contributed by atoms with Gasteiger partial charge in [-0.1, -0.05) is 0 Å². The second-order valence-corrected chi connectivity index (χ2v) is 3.75. The number of hydrogen-bond donors (Lipinski definition) is 2. The maximum atomic E-state index is 12.0. The van der Waals surface area contributed by atoms with Crippen molar-refractivity contribution in [3.63, 3.8) is 0 Å². The maximum Gasteiger partial charge on any atom is 0.299 e. The second kappa shape index (κ2) is 5.20. The van der Waals surface area contributed by atoms with Crippen molar-refractivity contribution in [2.75, 3.05) is 11.2 Å². The number of carbonyl (C=O) groups is 1. The molecule has 0 aliphatic rings. The van der Waals surface area contributed by atoms with Gasteiger partial charge in [0, 0.05) is 6.07 Å². The molecule has 1 amide bonds. The summed E-state index contributed by atoms with van der Waals surface area (Å²) in [7, 11) is 0. The van der Waals surface area contributed by atoms with E-state index in [0.717, 1.165) is 23.4 Å². The molecule has 1 aromatic heterocycles. The molecule has 108 valence electrons. The van der Waals surface area contributed by atoms with Crippen LogP contribution in [0, 0.1) is 20.2 Å². The van der Waals surface area contributed by atoms with Gasteiger partial charge in [0.2, 0.25) is 0 Å². The molecule has 0 radical (unpaired) electrons. The molecule has 12 nitrogen and oxygen atoms in total. The normalized spacial score (nSPS) is 10.1. The van der Waals surface area contributed by atoms with Crippen molar-refractivity contribution in [1.29, 1.82) is 0 Å². The molecule has 2 aromatic rings. The summed E-state index contributed by atoms with van der Waals surface area (Å²) in [6.07, 6.45) is 2.31. The number of nitrogens with two attached hydrogens (primary N) is 1. The first-order valence-electron chi connectivity index (χ1n) is 5.28. The van der Waals surface area contributed by atoms with E-state index in [1.165, 1.54) is 0 Å². The SMILES string of the molecule is Nc1c(C(=O)Nn2cnnc2)cc([N+](=O)[O-])cc1[N+](=O)[O-]. The van der Waals surface area contributed by atoms with Crippen LogP contribution in [0.5, 0.6) is 0 Å². The average molecular weight is 293 g/mol. The molecular weight excluding hydrogens is 286 g/mol. The Morgan fingerprint density at radius 3 is 2.33 bits per heavy atom. The van der Waals surface area contributed by atoms with Gasteiger partial charge in [-0.3, -0.25) is 30.4 Å². The third-order valence-corrected chi connectivity index (χ3v) is 2.44. The summed E-state index contributed by atoms with van der Waals surface area (Å²) in [6, 6.07) is 1.53. The van der Waals surface area contributed by atoms with E-state index in [1.54, 1.807) is 0 Å². The van der Waals surface area contributed by atoms with E-state index in [-0.39, 0.29) is 0 Å². The molecule has 0 bridgehead atoms. The van der Waals surface area contributed by atoms with Crippen molar-refractivity contribution < 1.29 is 14.6 Å². The number of nitro benzene ring substituents is 2. The van der Waals surface area contributed by atoms with Gasteiger partial charge in [-0.2, -0.15) is 0 Å². The van der Waals surface area contributed by atoms with Crippen molar-refractivity contribution in [2.24, 2.45) is 0 Å². The zero-order valence-electron chi connectivity index (χ0n) is 10.2. The van der Waals surface area contributed by atoms with Crippen LogP contribution in [0.15, 0.2) is 24.8 Å². The van der Waals surface area contributed by atoms with E-state index >= 15 is 0 Å². The second-order valence-electron chi connectivity index (χ2n) is 3.75. The lowest BCUT2D eigenvalue weighted by molar-refractivity contribution is -0.393. The highest BCUT2D eigenvalue weighted by Gasteiger charge is 2.25. The van der Waals surface area contributed by atoms with Crippen LogP contribution in [0.4, 0.5) is 17.1 Å². The van der Waals surface area contributed by atoms with Crippen LogP contribution < -0.4 is 11.2 Å². The fourth-order valence-corrected chi connectivity index (χ4v) is 1.50. The summed E-state index contributed by atoms with van der Waals surface area (Å²) >= 11 is 0. The molecule has 0 atom stereocenters. The molecule has 0 aliphatic heterocycles. The Hall–Kier alpha value is -3.57. The largest absolute Gasteiger partial charge is 0.392 e. The summed E-state index contributed by atoms with van der Waals surface area (Å²) < 4.78 is 1.06. The summed E-state index contributed by atoms with van der Waals surface area (Å²) in [5, 5.41) is 28.5. The van der Waals surface area contributed by atoms with E-state index in [1.807, 2.05) is 0 Å². The standard InChI is InChI=1S/C9H7N7O5/c10-8-6(9(17)13-14-3-11-12-4-14)1-5(15(18)19)2-7(8)16(20)21/h1-4H,10H2,(H,13,17). The van der Waals surface area contributed by atoms with Crippen molar-refractivity contribution in [3.05, 3.63) is 50.6 Å². The Morgan fingerprint density at radius 1 is 1.19 bits per heavy atom. The fourth-order valence-electron chi connectivity index (χ4n) is 1.50. The number of amides is 1. The van der Waals surface area contributed by atoms with E-state index in [4.69, 9.17) is 5.73 Å². The first kappa shape index (κ1) is 13.9. The van der Waals surface area contributed by atoms with Gasteiger partial charge < -0.3 is 5.73 Å². The van der Waals surface area contributed by atoms with Crippen LogP contribution in [0.1, 0.15) is 10.4 Å². The molecule has 0 saturated heterocycles. The minimum atomic E-state index is -0.905. The first-order valence-corrected chi connectivity index (χ1v) is 5.28. The smallest absolute Gasteiger partial charge is 0.299 e. The lowest BCUT2D eigenvalue weighted by Crippen LogP contribution is -2.23. The summed E-state index contributed by atoms with van der Waals surface area (Å²) in [5.41, 5.74) is 5.54. The van der Waals surface area contributed by atoms with Gasteiger partial charge in [-0.05, 0) is 0 Å². The molecule has 21 heavy (non-hydrogen) atoms. The van der Waals surface area contributed by atoms with Gasteiger partial charge in [-0.25, -0.2) is 4.68 Å². The van der Waals surface area contributed by atoms with Gasteiger partial charge in [0.1, 0.15) is 18.3 Å². The lowest BCUT2D eigenvalue weighted by atomic mass is 10.1. The third kappa shape index (κ3) is 2.73. The Kier molecular flexibility index (Phi) is 3.43.